The van der Waals surface area contributed by atoms with Crippen LogP contribution in [-0.2, 0) is 19.1 Å². The highest BCUT2D eigenvalue weighted by molar-refractivity contribution is 7.16. The standard InChI is InChI=1S/C40H46N8O6S2.2ClH/c1-23(2)33(45-39(51)53-5)37(49)47-19-9-13-29(47)27-21-42-36(43-27)32-18-16-26(56-32)12-8-7-11-25-15-17-31(55-25)28-22-41-35(44-28)30-14-10-20-48(30)38(50)34(24(3)4)46-40(52)54-6;;/h15-18,21-24,29-30,33-34H,9-10,13-14,19-20H2,1-6H3,(H,41,44)(H,42,43)(H,45,51)(H,46,52);2*1H/t29-,30-,33+,34+;;/m0../s1. The zero-order valence-electron chi connectivity index (χ0n) is 33.0. The van der Waals surface area contributed by atoms with Gasteiger partial charge in [0.2, 0.25) is 11.8 Å². The number of H-pyrrole nitrogens is 2. The fourth-order valence-corrected chi connectivity index (χ4v) is 8.59. The molecule has 58 heavy (non-hydrogen) atoms. The van der Waals surface area contributed by atoms with Crippen molar-refractivity contribution >= 4 is 71.5 Å². The average molecular weight is 872 g/mol. The summed E-state index contributed by atoms with van der Waals surface area (Å²) in [5, 5.41) is 5.37. The molecule has 0 unspecified atom stereocenters. The fraction of sp³-hybridized carbons (Fsp3) is 0.450. The lowest BCUT2D eigenvalue weighted by Crippen LogP contribution is -2.51. The highest BCUT2D eigenvalue weighted by Crippen LogP contribution is 2.36. The predicted octanol–water partition coefficient (Wildman–Crippen LogP) is 6.92. The van der Waals surface area contributed by atoms with Gasteiger partial charge in [-0.15, -0.1) is 47.5 Å². The third-order valence-corrected chi connectivity index (χ3v) is 11.9. The lowest BCUT2D eigenvalue weighted by Gasteiger charge is -2.30. The van der Waals surface area contributed by atoms with Gasteiger partial charge in [0.05, 0.1) is 69.6 Å². The van der Waals surface area contributed by atoms with Gasteiger partial charge in [0.1, 0.15) is 23.7 Å². The number of rotatable bonds is 10. The van der Waals surface area contributed by atoms with E-state index in [2.05, 4.69) is 54.3 Å². The number of nitrogens with zero attached hydrogens (tertiary/aromatic N) is 4. The van der Waals surface area contributed by atoms with Crippen LogP contribution in [0, 0.1) is 35.5 Å². The summed E-state index contributed by atoms with van der Waals surface area (Å²) >= 11 is 3.02. The Bertz CT molecular complexity index is 2040. The van der Waals surface area contributed by atoms with Crippen molar-refractivity contribution in [3.63, 3.8) is 0 Å². The Labute approximate surface area is 358 Å². The van der Waals surface area contributed by atoms with E-state index >= 15 is 0 Å². The molecule has 2 aliphatic rings. The minimum atomic E-state index is -0.693. The highest BCUT2D eigenvalue weighted by Gasteiger charge is 2.38. The van der Waals surface area contributed by atoms with Crippen molar-refractivity contribution < 1.29 is 28.7 Å². The number of methoxy groups -OCH3 is 2. The molecule has 4 aromatic heterocycles. The van der Waals surface area contributed by atoms with E-state index in [-0.39, 0.29) is 60.5 Å². The van der Waals surface area contributed by atoms with Crippen molar-refractivity contribution in [2.45, 2.75) is 77.5 Å². The van der Waals surface area contributed by atoms with E-state index in [1.807, 2.05) is 56.9 Å². The number of alkyl carbamates (subject to hydrolysis) is 2. The molecule has 0 spiro atoms. The quantitative estimate of drug-likeness (QED) is 0.124. The largest absolute Gasteiger partial charge is 0.453 e. The van der Waals surface area contributed by atoms with Gasteiger partial charge in [0.25, 0.3) is 0 Å². The summed E-state index contributed by atoms with van der Waals surface area (Å²) in [4.78, 5) is 74.1. The Kier molecular flexibility index (Phi) is 16.2. The van der Waals surface area contributed by atoms with E-state index in [1.165, 1.54) is 36.9 Å². The van der Waals surface area contributed by atoms with Crippen molar-refractivity contribution in [3.05, 3.63) is 57.9 Å². The van der Waals surface area contributed by atoms with E-state index in [1.54, 1.807) is 17.3 Å². The number of carbonyl (C=O) groups is 4. The maximum atomic E-state index is 13.5. The summed E-state index contributed by atoms with van der Waals surface area (Å²) in [7, 11) is 2.57. The van der Waals surface area contributed by atoms with Crippen LogP contribution in [0.5, 0.6) is 0 Å². The summed E-state index contributed by atoms with van der Waals surface area (Å²) in [6.07, 6.45) is 5.56. The smallest absolute Gasteiger partial charge is 0.407 e. The maximum absolute atomic E-state index is 13.5. The molecule has 6 rings (SSSR count). The van der Waals surface area contributed by atoms with Gasteiger partial charge >= 0.3 is 12.2 Å². The Morgan fingerprint density at radius 2 is 1.26 bits per heavy atom. The molecule has 4 atom stereocenters. The van der Waals surface area contributed by atoms with Crippen molar-refractivity contribution in [2.24, 2.45) is 11.8 Å². The molecule has 0 bridgehead atoms. The van der Waals surface area contributed by atoms with Gasteiger partial charge in [-0.1, -0.05) is 27.7 Å². The molecule has 4 aromatic rings. The normalized spacial score (nSPS) is 16.9. The van der Waals surface area contributed by atoms with Crippen LogP contribution >= 0.6 is 47.5 Å². The van der Waals surface area contributed by atoms with Crippen LogP contribution in [0.2, 0.25) is 0 Å². The maximum Gasteiger partial charge on any atom is 0.407 e. The first-order chi connectivity index (χ1) is 27.0. The van der Waals surface area contributed by atoms with Gasteiger partial charge in [0.15, 0.2) is 0 Å². The summed E-state index contributed by atoms with van der Waals surface area (Å²) < 4.78 is 9.48. The first-order valence-electron chi connectivity index (χ1n) is 18.6. The van der Waals surface area contributed by atoms with Gasteiger partial charge in [-0.3, -0.25) is 9.59 Å². The number of nitrogens with one attached hydrogen (secondary N) is 4. The predicted molar refractivity (Wildman–Crippen MR) is 228 cm³/mol. The van der Waals surface area contributed by atoms with Gasteiger partial charge in [-0.05, 0) is 85.5 Å². The number of carbonyl (C=O) groups excluding carboxylic acids is 4. The van der Waals surface area contributed by atoms with E-state index < -0.39 is 24.3 Å². The molecule has 2 fully saturated rings. The number of thiophene rings is 2. The first-order valence-corrected chi connectivity index (χ1v) is 20.2. The molecule has 4 amide bonds. The Morgan fingerprint density at radius 1 is 0.741 bits per heavy atom. The van der Waals surface area contributed by atoms with Crippen LogP contribution in [-0.4, -0.2) is 93.1 Å². The van der Waals surface area contributed by atoms with Crippen LogP contribution < -0.4 is 10.6 Å². The van der Waals surface area contributed by atoms with E-state index in [4.69, 9.17) is 9.47 Å². The fourth-order valence-electron chi connectivity index (χ4n) is 6.95. The lowest BCUT2D eigenvalue weighted by atomic mass is 10.0. The first kappa shape index (κ1) is 45.7. The summed E-state index contributed by atoms with van der Waals surface area (Å²) in [6, 6.07) is 6.07. The SMILES string of the molecule is COC(=O)N[C@@H](C(=O)N1CCC[C@H]1c1cnc(-c2ccc(C#CC#Cc3ccc(-c4cnc([C@@H]5CCCN5C(=O)[C@H](NC(=O)OC)C(C)C)[nH]4)s3)s2)[nH]1)C(C)C.Cl.Cl. The molecule has 4 N–H and O–H groups in total. The molecule has 6 heterocycles. The number of halogens is 2. The van der Waals surface area contributed by atoms with E-state index in [9.17, 15) is 19.2 Å². The molecular weight excluding hydrogens is 824 g/mol. The van der Waals surface area contributed by atoms with Crippen LogP contribution in [0.25, 0.3) is 21.3 Å². The number of aromatic nitrogens is 4. The third kappa shape index (κ3) is 10.5. The van der Waals surface area contributed by atoms with Gasteiger partial charge in [-0.2, -0.15) is 0 Å². The Balaban J connectivity index is 0.00000372. The molecule has 2 saturated heterocycles. The number of imidazole rings is 2. The minimum Gasteiger partial charge on any atom is -0.453 e. The molecule has 310 valence electrons. The number of hydrogen-bond acceptors (Lipinski definition) is 10. The van der Waals surface area contributed by atoms with Crippen LogP contribution in [0.1, 0.15) is 86.7 Å². The second-order valence-electron chi connectivity index (χ2n) is 14.3. The Morgan fingerprint density at radius 3 is 1.81 bits per heavy atom. The number of likely N-dealkylation sites (tertiary alicyclic amines) is 2. The zero-order chi connectivity index (χ0) is 39.9. The summed E-state index contributed by atoms with van der Waals surface area (Å²) in [5.74, 6) is 13.1. The van der Waals surface area contributed by atoms with Crippen LogP contribution in [0.4, 0.5) is 9.59 Å². The van der Waals surface area contributed by atoms with Crippen molar-refractivity contribution in [2.75, 3.05) is 27.3 Å². The number of hydrogen-bond donors (Lipinski definition) is 4. The van der Waals surface area contributed by atoms with Crippen LogP contribution in [0.15, 0.2) is 36.7 Å². The summed E-state index contributed by atoms with van der Waals surface area (Å²) in [6.45, 7) is 8.76. The molecule has 0 radical (unpaired) electrons. The van der Waals surface area contributed by atoms with Crippen molar-refractivity contribution in [1.29, 1.82) is 0 Å². The van der Waals surface area contributed by atoms with E-state index in [0.717, 1.165) is 56.6 Å². The zero-order valence-corrected chi connectivity index (χ0v) is 36.3. The van der Waals surface area contributed by atoms with E-state index in [0.29, 0.717) is 24.7 Å². The second-order valence-corrected chi connectivity index (χ2v) is 16.5. The molecule has 0 aromatic carbocycles. The third-order valence-electron chi connectivity index (χ3n) is 9.87. The van der Waals surface area contributed by atoms with Crippen LogP contribution in [0.3, 0.4) is 0 Å². The summed E-state index contributed by atoms with van der Waals surface area (Å²) in [5.41, 5.74) is 1.69. The number of amides is 4. The molecule has 0 saturated carbocycles. The van der Waals surface area contributed by atoms with Crippen molar-refractivity contribution in [3.8, 4) is 45.0 Å². The van der Waals surface area contributed by atoms with Gasteiger partial charge in [-0.25, -0.2) is 19.6 Å². The lowest BCUT2D eigenvalue weighted by molar-refractivity contribution is -0.136. The minimum absolute atomic E-state index is 0. The highest BCUT2D eigenvalue weighted by atomic mass is 35.5. The average Bonchev–Trinajstić information content (AvgIpc) is 4.02. The second kappa shape index (κ2) is 20.6. The van der Waals surface area contributed by atoms with Gasteiger partial charge < -0.3 is 39.9 Å². The van der Waals surface area contributed by atoms with Gasteiger partial charge in [0, 0.05) is 13.1 Å². The number of aromatic amines is 2. The Hall–Kier alpha value is -5.00. The monoisotopic (exact) mass is 870 g/mol. The molecule has 14 nitrogen and oxygen atoms in total. The topological polar surface area (TPSA) is 175 Å². The molecule has 2 aliphatic heterocycles. The van der Waals surface area contributed by atoms with Crippen molar-refractivity contribution in [1.82, 2.24) is 40.4 Å². The molecule has 0 aliphatic carbocycles. The molecule has 18 heteroatoms. The number of ether oxygens (including phenoxy) is 2. The molecular formula is C40H48Cl2N8O6S2.